The van der Waals surface area contributed by atoms with E-state index in [0.29, 0.717) is 6.54 Å². The van der Waals surface area contributed by atoms with Gasteiger partial charge in [0.05, 0.1) is 12.8 Å². The molecule has 96 valence electrons. The van der Waals surface area contributed by atoms with Crippen LogP contribution < -0.4 is 10.5 Å². The molecule has 0 bridgehead atoms. The Bertz CT molecular complexity index is 575. The van der Waals surface area contributed by atoms with Gasteiger partial charge in [-0.1, -0.05) is 0 Å². The zero-order chi connectivity index (χ0) is 13.3. The summed E-state index contributed by atoms with van der Waals surface area (Å²) >= 11 is 1.65. The first-order valence-electron chi connectivity index (χ1n) is 5.88. The summed E-state index contributed by atoms with van der Waals surface area (Å²) in [6, 6.07) is 2.07. The molecule has 1 heterocycles. The lowest BCUT2D eigenvalue weighted by Gasteiger charge is -2.14. The highest BCUT2D eigenvalue weighted by molar-refractivity contribution is 7.13. The lowest BCUT2D eigenvalue weighted by molar-refractivity contribution is 0.411. The first-order chi connectivity index (χ1) is 8.58. The Kier molecular flexibility index (Phi) is 3.68. The minimum Gasteiger partial charge on any atom is -0.496 e. The molecule has 0 atom stereocenters. The predicted octanol–water partition coefficient (Wildman–Crippen LogP) is 3.20. The minimum absolute atomic E-state index is 0.490. The number of nitrogens with two attached hydrogens (primary N) is 1. The third kappa shape index (κ3) is 2.13. The van der Waals surface area contributed by atoms with E-state index in [1.54, 1.807) is 18.4 Å². The summed E-state index contributed by atoms with van der Waals surface area (Å²) in [4.78, 5) is 4.57. The van der Waals surface area contributed by atoms with Crippen molar-refractivity contribution in [3.63, 3.8) is 0 Å². The van der Waals surface area contributed by atoms with Crippen molar-refractivity contribution in [2.24, 2.45) is 5.73 Å². The fourth-order valence-corrected chi connectivity index (χ4v) is 3.10. The first-order valence-corrected chi connectivity index (χ1v) is 6.76. The maximum atomic E-state index is 5.62. The van der Waals surface area contributed by atoms with E-state index in [1.165, 1.54) is 22.3 Å². The maximum Gasteiger partial charge on any atom is 0.124 e. The van der Waals surface area contributed by atoms with Crippen molar-refractivity contribution in [3.05, 3.63) is 33.8 Å². The van der Waals surface area contributed by atoms with Crippen molar-refractivity contribution >= 4 is 11.3 Å². The Balaban J connectivity index is 2.60. The van der Waals surface area contributed by atoms with Crippen LogP contribution in [0.15, 0.2) is 11.4 Å². The number of benzene rings is 1. The molecular weight excluding hydrogens is 244 g/mol. The summed E-state index contributed by atoms with van der Waals surface area (Å²) in [6.45, 7) is 6.77. The zero-order valence-corrected chi connectivity index (χ0v) is 12.0. The van der Waals surface area contributed by atoms with E-state index in [9.17, 15) is 0 Å². The van der Waals surface area contributed by atoms with Crippen LogP contribution in [0.5, 0.6) is 5.75 Å². The van der Waals surface area contributed by atoms with Crippen molar-refractivity contribution in [2.45, 2.75) is 27.3 Å². The molecule has 3 nitrogen and oxygen atoms in total. The third-order valence-corrected chi connectivity index (χ3v) is 4.15. The predicted molar refractivity (Wildman–Crippen MR) is 76.2 cm³/mol. The Morgan fingerprint density at radius 2 is 2.00 bits per heavy atom. The molecule has 0 saturated heterocycles. The monoisotopic (exact) mass is 262 g/mol. The summed E-state index contributed by atoms with van der Waals surface area (Å²) in [5.41, 5.74) is 11.4. The molecule has 0 spiro atoms. The average Bonchev–Trinajstić information content (AvgIpc) is 2.82. The molecule has 0 aliphatic carbocycles. The van der Waals surface area contributed by atoms with Crippen LogP contribution in [0.1, 0.15) is 22.4 Å². The Hall–Kier alpha value is -1.39. The lowest BCUT2D eigenvalue weighted by atomic mass is 9.98. The lowest BCUT2D eigenvalue weighted by Crippen LogP contribution is -1.98. The summed E-state index contributed by atoms with van der Waals surface area (Å²) < 4.78 is 5.39. The number of hydrogen-bond acceptors (Lipinski definition) is 4. The van der Waals surface area contributed by atoms with Gasteiger partial charge in [-0.05, 0) is 43.5 Å². The van der Waals surface area contributed by atoms with Gasteiger partial charge in [0.25, 0.3) is 0 Å². The molecule has 4 heteroatoms. The molecule has 0 unspecified atom stereocenters. The van der Waals surface area contributed by atoms with Gasteiger partial charge in [-0.15, -0.1) is 11.3 Å². The van der Waals surface area contributed by atoms with Gasteiger partial charge in [0.2, 0.25) is 0 Å². The van der Waals surface area contributed by atoms with Crippen LogP contribution >= 0.6 is 11.3 Å². The minimum atomic E-state index is 0.490. The largest absolute Gasteiger partial charge is 0.496 e. The van der Waals surface area contributed by atoms with Crippen LogP contribution in [-0.2, 0) is 6.54 Å². The third-order valence-electron chi connectivity index (χ3n) is 3.24. The molecule has 1 aromatic carbocycles. The number of nitrogens with zero attached hydrogens (tertiary/aromatic N) is 1. The maximum absolute atomic E-state index is 5.62. The second-order valence-electron chi connectivity index (χ2n) is 4.37. The van der Waals surface area contributed by atoms with Gasteiger partial charge in [-0.25, -0.2) is 4.98 Å². The van der Waals surface area contributed by atoms with E-state index in [0.717, 1.165) is 16.5 Å². The number of methoxy groups -OCH3 is 1. The average molecular weight is 262 g/mol. The number of thiazole rings is 1. The Morgan fingerprint density at radius 1 is 1.28 bits per heavy atom. The molecule has 0 radical (unpaired) electrons. The Morgan fingerprint density at radius 3 is 2.56 bits per heavy atom. The molecule has 2 rings (SSSR count). The fourth-order valence-electron chi connectivity index (χ4n) is 2.10. The number of ether oxygens (including phenoxy) is 1. The second kappa shape index (κ2) is 5.08. The van der Waals surface area contributed by atoms with Crippen LogP contribution in [-0.4, -0.2) is 12.1 Å². The van der Waals surface area contributed by atoms with Gasteiger partial charge in [0.1, 0.15) is 10.8 Å². The van der Waals surface area contributed by atoms with Gasteiger partial charge in [0.15, 0.2) is 0 Å². The van der Waals surface area contributed by atoms with E-state index in [-0.39, 0.29) is 0 Å². The fraction of sp³-hybridized carbons (Fsp3) is 0.357. The van der Waals surface area contributed by atoms with E-state index < -0.39 is 0 Å². The smallest absolute Gasteiger partial charge is 0.124 e. The van der Waals surface area contributed by atoms with E-state index >= 15 is 0 Å². The van der Waals surface area contributed by atoms with Crippen molar-refractivity contribution in [1.29, 1.82) is 0 Å². The molecule has 2 N–H and O–H groups in total. The number of rotatable bonds is 3. The van der Waals surface area contributed by atoms with Crippen LogP contribution in [0.2, 0.25) is 0 Å². The topological polar surface area (TPSA) is 48.1 Å². The van der Waals surface area contributed by atoms with Crippen molar-refractivity contribution in [1.82, 2.24) is 4.98 Å². The molecule has 1 aromatic heterocycles. The summed E-state index contributed by atoms with van der Waals surface area (Å²) in [5.74, 6) is 0.935. The van der Waals surface area contributed by atoms with Crippen molar-refractivity contribution < 1.29 is 4.74 Å². The second-order valence-corrected chi connectivity index (χ2v) is 5.23. The van der Waals surface area contributed by atoms with Gasteiger partial charge in [0, 0.05) is 17.5 Å². The van der Waals surface area contributed by atoms with Gasteiger partial charge < -0.3 is 10.5 Å². The van der Waals surface area contributed by atoms with E-state index in [1.807, 2.05) is 5.38 Å². The standard InChI is InChI=1S/C14H18N2OS/c1-8-5-12(17-4)9(2)10(3)13(8)14-16-11(6-15)7-18-14/h5,7H,6,15H2,1-4H3. The number of hydrogen-bond donors (Lipinski definition) is 1. The SMILES string of the molecule is COc1cc(C)c(-c2nc(CN)cs2)c(C)c1C. The van der Waals surface area contributed by atoms with Crippen LogP contribution in [0.4, 0.5) is 0 Å². The van der Waals surface area contributed by atoms with Crippen LogP contribution in [0.3, 0.4) is 0 Å². The van der Waals surface area contributed by atoms with Gasteiger partial charge >= 0.3 is 0 Å². The van der Waals surface area contributed by atoms with Crippen molar-refractivity contribution in [3.8, 4) is 16.3 Å². The molecule has 18 heavy (non-hydrogen) atoms. The van der Waals surface area contributed by atoms with E-state index in [2.05, 4.69) is 31.8 Å². The first kappa shape index (κ1) is 13.1. The molecule has 2 aromatic rings. The summed E-state index contributed by atoms with van der Waals surface area (Å²) in [5, 5.41) is 3.06. The summed E-state index contributed by atoms with van der Waals surface area (Å²) in [6.07, 6.45) is 0. The Labute approximate surface area is 112 Å². The highest BCUT2D eigenvalue weighted by Gasteiger charge is 2.14. The van der Waals surface area contributed by atoms with E-state index in [4.69, 9.17) is 10.5 Å². The normalized spacial score (nSPS) is 10.7. The van der Waals surface area contributed by atoms with Gasteiger partial charge in [-0.2, -0.15) is 0 Å². The molecule has 0 aliphatic heterocycles. The van der Waals surface area contributed by atoms with Crippen LogP contribution in [0.25, 0.3) is 10.6 Å². The number of aromatic nitrogens is 1. The molecule has 0 saturated carbocycles. The summed E-state index contributed by atoms with van der Waals surface area (Å²) in [7, 11) is 1.71. The van der Waals surface area contributed by atoms with Crippen LogP contribution in [0, 0.1) is 20.8 Å². The molecule has 0 amide bonds. The molecule has 0 aliphatic rings. The number of aryl methyl sites for hydroxylation is 1. The quantitative estimate of drug-likeness (QED) is 0.924. The molecule has 0 fully saturated rings. The highest BCUT2D eigenvalue weighted by Crippen LogP contribution is 2.35. The molecular formula is C14H18N2OS. The van der Waals surface area contributed by atoms with Gasteiger partial charge in [-0.3, -0.25) is 0 Å². The highest BCUT2D eigenvalue weighted by atomic mass is 32.1. The van der Waals surface area contributed by atoms with Crippen molar-refractivity contribution in [2.75, 3.05) is 7.11 Å². The zero-order valence-electron chi connectivity index (χ0n) is 11.2.